The fourth-order valence-corrected chi connectivity index (χ4v) is 2.14. The number of hydrogen-bond acceptors (Lipinski definition) is 3. The first-order valence-corrected chi connectivity index (χ1v) is 6.49. The van der Waals surface area contributed by atoms with Gasteiger partial charge in [-0.3, -0.25) is 9.59 Å². The minimum Gasteiger partial charge on any atom is -0.394 e. The first-order valence-electron chi connectivity index (χ1n) is 6.49. The molecule has 5 nitrogen and oxygen atoms in total. The second kappa shape index (κ2) is 5.69. The summed E-state index contributed by atoms with van der Waals surface area (Å²) < 4.78 is 0. The first-order chi connectivity index (χ1) is 8.29. The molecule has 0 spiro atoms. The van der Waals surface area contributed by atoms with Crippen LogP contribution >= 0.6 is 0 Å². The van der Waals surface area contributed by atoms with Crippen molar-refractivity contribution in [2.24, 2.45) is 5.41 Å². The predicted octanol–water partition coefficient (Wildman–Crippen LogP) is 0.570. The van der Waals surface area contributed by atoms with Gasteiger partial charge in [-0.15, -0.1) is 0 Å². The summed E-state index contributed by atoms with van der Waals surface area (Å²) in [6.45, 7) is 5.33. The number of amides is 2. The molecule has 5 heteroatoms. The average molecular weight is 256 g/mol. The zero-order valence-electron chi connectivity index (χ0n) is 11.5. The van der Waals surface area contributed by atoms with Gasteiger partial charge in [0.25, 0.3) is 0 Å². The summed E-state index contributed by atoms with van der Waals surface area (Å²) in [5, 5.41) is 14.8. The second-order valence-corrected chi connectivity index (χ2v) is 6.13. The van der Waals surface area contributed by atoms with Crippen LogP contribution in [0.25, 0.3) is 0 Å². The van der Waals surface area contributed by atoms with E-state index in [0.717, 1.165) is 25.7 Å². The SMILES string of the molecule is CC(C)(C)C(=O)NCC(=O)NC1(CO)CCCC1. The predicted molar refractivity (Wildman–Crippen MR) is 68.9 cm³/mol. The molecule has 1 aliphatic carbocycles. The largest absolute Gasteiger partial charge is 0.394 e. The number of carbonyl (C=O) groups excluding carboxylic acids is 2. The van der Waals surface area contributed by atoms with Crippen LogP contribution in [-0.4, -0.2) is 35.6 Å². The lowest BCUT2D eigenvalue weighted by atomic mass is 9.95. The topological polar surface area (TPSA) is 78.4 Å². The summed E-state index contributed by atoms with van der Waals surface area (Å²) in [6.07, 6.45) is 3.66. The normalized spacial score (nSPS) is 18.4. The van der Waals surface area contributed by atoms with Crippen molar-refractivity contribution in [1.82, 2.24) is 10.6 Å². The number of nitrogens with one attached hydrogen (secondary N) is 2. The number of hydrogen-bond donors (Lipinski definition) is 3. The lowest BCUT2D eigenvalue weighted by Gasteiger charge is -2.28. The van der Waals surface area contributed by atoms with Crippen molar-refractivity contribution >= 4 is 11.8 Å². The fraction of sp³-hybridized carbons (Fsp3) is 0.846. The number of rotatable bonds is 4. The molecule has 0 atom stereocenters. The Morgan fingerprint density at radius 2 is 1.78 bits per heavy atom. The van der Waals surface area contributed by atoms with Gasteiger partial charge in [0.1, 0.15) is 0 Å². The molecule has 0 bridgehead atoms. The van der Waals surface area contributed by atoms with E-state index >= 15 is 0 Å². The summed E-state index contributed by atoms with van der Waals surface area (Å²) in [5.41, 5.74) is -0.966. The van der Waals surface area contributed by atoms with Gasteiger partial charge in [-0.05, 0) is 12.8 Å². The molecule has 18 heavy (non-hydrogen) atoms. The summed E-state index contributed by atoms with van der Waals surface area (Å²) in [5.74, 6) is -0.384. The Morgan fingerprint density at radius 3 is 2.22 bits per heavy atom. The van der Waals surface area contributed by atoms with Crippen LogP contribution in [0.2, 0.25) is 0 Å². The fourth-order valence-electron chi connectivity index (χ4n) is 2.14. The standard InChI is InChI=1S/C13H24N2O3/c1-12(2,3)11(18)14-8-10(17)15-13(9-16)6-4-5-7-13/h16H,4-9H2,1-3H3,(H,14,18)(H,15,17). The van der Waals surface area contributed by atoms with E-state index < -0.39 is 11.0 Å². The molecule has 1 rings (SSSR count). The van der Waals surface area contributed by atoms with Gasteiger partial charge < -0.3 is 15.7 Å². The zero-order valence-corrected chi connectivity index (χ0v) is 11.5. The van der Waals surface area contributed by atoms with E-state index in [2.05, 4.69) is 10.6 Å². The van der Waals surface area contributed by atoms with Gasteiger partial charge in [-0.1, -0.05) is 33.6 Å². The zero-order chi connectivity index (χ0) is 13.8. The minimum atomic E-state index is -0.498. The maximum Gasteiger partial charge on any atom is 0.239 e. The van der Waals surface area contributed by atoms with Crippen LogP contribution in [0.3, 0.4) is 0 Å². The van der Waals surface area contributed by atoms with Gasteiger partial charge in [-0.2, -0.15) is 0 Å². The number of aliphatic hydroxyl groups is 1. The molecule has 0 radical (unpaired) electrons. The summed E-state index contributed by atoms with van der Waals surface area (Å²) in [7, 11) is 0. The van der Waals surface area contributed by atoms with E-state index in [1.54, 1.807) is 20.8 Å². The Hall–Kier alpha value is -1.10. The van der Waals surface area contributed by atoms with Crippen molar-refractivity contribution in [2.45, 2.75) is 52.0 Å². The van der Waals surface area contributed by atoms with Crippen molar-refractivity contribution < 1.29 is 14.7 Å². The average Bonchev–Trinajstić information content (AvgIpc) is 2.73. The van der Waals surface area contributed by atoms with E-state index in [1.807, 2.05) is 0 Å². The van der Waals surface area contributed by atoms with Crippen molar-refractivity contribution in [3.63, 3.8) is 0 Å². The molecule has 1 fully saturated rings. The molecule has 0 saturated heterocycles. The molecule has 0 aromatic rings. The molecular formula is C13H24N2O3. The number of aliphatic hydroxyl groups excluding tert-OH is 1. The quantitative estimate of drug-likeness (QED) is 0.688. The first kappa shape index (κ1) is 15.0. The summed E-state index contributed by atoms with van der Waals surface area (Å²) in [6, 6.07) is 0. The molecule has 0 aromatic heterocycles. The molecule has 0 heterocycles. The number of carbonyl (C=O) groups is 2. The smallest absolute Gasteiger partial charge is 0.239 e. The lowest BCUT2D eigenvalue weighted by Crippen LogP contribution is -2.52. The van der Waals surface area contributed by atoms with E-state index in [9.17, 15) is 14.7 Å². The molecule has 0 aromatic carbocycles. The van der Waals surface area contributed by atoms with Crippen LogP contribution in [0.5, 0.6) is 0 Å². The maximum atomic E-state index is 11.8. The lowest BCUT2D eigenvalue weighted by molar-refractivity contribution is -0.131. The Kier molecular flexibility index (Phi) is 4.73. The van der Waals surface area contributed by atoms with Gasteiger partial charge in [0, 0.05) is 5.41 Å². The summed E-state index contributed by atoms with van der Waals surface area (Å²) in [4.78, 5) is 23.4. The highest BCUT2D eigenvalue weighted by molar-refractivity contribution is 5.87. The third-order valence-electron chi connectivity index (χ3n) is 3.36. The molecule has 1 aliphatic rings. The van der Waals surface area contributed by atoms with E-state index in [4.69, 9.17) is 0 Å². The Balaban J connectivity index is 2.40. The molecule has 0 unspecified atom stereocenters. The van der Waals surface area contributed by atoms with Crippen molar-refractivity contribution in [2.75, 3.05) is 13.2 Å². The molecular weight excluding hydrogens is 232 g/mol. The van der Waals surface area contributed by atoms with Gasteiger partial charge in [0.2, 0.25) is 11.8 Å². The monoisotopic (exact) mass is 256 g/mol. The Bertz CT molecular complexity index is 315. The van der Waals surface area contributed by atoms with Gasteiger partial charge >= 0.3 is 0 Å². The summed E-state index contributed by atoms with van der Waals surface area (Å²) >= 11 is 0. The molecule has 104 valence electrons. The van der Waals surface area contributed by atoms with Crippen LogP contribution in [0.1, 0.15) is 46.5 Å². The van der Waals surface area contributed by atoms with Crippen LogP contribution in [0.4, 0.5) is 0 Å². The van der Waals surface area contributed by atoms with Crippen molar-refractivity contribution in [3.05, 3.63) is 0 Å². The van der Waals surface area contributed by atoms with Gasteiger partial charge in [0.15, 0.2) is 0 Å². The van der Waals surface area contributed by atoms with Crippen LogP contribution in [-0.2, 0) is 9.59 Å². The minimum absolute atomic E-state index is 0.0299. The van der Waals surface area contributed by atoms with Crippen LogP contribution < -0.4 is 10.6 Å². The Morgan fingerprint density at radius 1 is 1.22 bits per heavy atom. The third-order valence-corrected chi connectivity index (χ3v) is 3.36. The van der Waals surface area contributed by atoms with Gasteiger partial charge in [0.05, 0.1) is 18.7 Å². The van der Waals surface area contributed by atoms with Crippen LogP contribution in [0.15, 0.2) is 0 Å². The van der Waals surface area contributed by atoms with E-state index in [0.29, 0.717) is 0 Å². The molecule has 2 amide bonds. The highest BCUT2D eigenvalue weighted by Gasteiger charge is 2.34. The van der Waals surface area contributed by atoms with Crippen molar-refractivity contribution in [1.29, 1.82) is 0 Å². The molecule has 1 saturated carbocycles. The van der Waals surface area contributed by atoms with Gasteiger partial charge in [-0.25, -0.2) is 0 Å². The maximum absolute atomic E-state index is 11.8. The van der Waals surface area contributed by atoms with Crippen molar-refractivity contribution in [3.8, 4) is 0 Å². The highest BCUT2D eigenvalue weighted by atomic mass is 16.3. The Labute approximate surface area is 108 Å². The highest BCUT2D eigenvalue weighted by Crippen LogP contribution is 2.28. The van der Waals surface area contributed by atoms with Crippen LogP contribution in [0, 0.1) is 5.41 Å². The van der Waals surface area contributed by atoms with E-state index in [-0.39, 0.29) is 25.0 Å². The van der Waals surface area contributed by atoms with E-state index in [1.165, 1.54) is 0 Å². The molecule has 3 N–H and O–H groups in total. The third kappa shape index (κ3) is 3.98. The second-order valence-electron chi connectivity index (χ2n) is 6.13. The molecule has 0 aliphatic heterocycles.